The zero-order chi connectivity index (χ0) is 23.0. The van der Waals surface area contributed by atoms with Crippen LogP contribution in [0, 0.1) is 0 Å². The highest BCUT2D eigenvalue weighted by atomic mass is 35.5. The maximum atomic E-state index is 12.3. The second-order valence-electron chi connectivity index (χ2n) is 8.95. The van der Waals surface area contributed by atoms with Gasteiger partial charge in [-0.25, -0.2) is 19.7 Å². The molecule has 8 nitrogen and oxygen atoms in total. The summed E-state index contributed by atoms with van der Waals surface area (Å²) in [6, 6.07) is 5.40. The van der Waals surface area contributed by atoms with E-state index in [-0.39, 0.29) is 12.0 Å². The minimum absolute atomic E-state index is 0.123. The zero-order valence-corrected chi connectivity index (χ0v) is 19.8. The second-order valence-corrected chi connectivity index (χ2v) is 9.77. The van der Waals surface area contributed by atoms with Gasteiger partial charge in [0.15, 0.2) is 17.3 Å². The van der Waals surface area contributed by atoms with Gasteiger partial charge in [0.2, 0.25) is 0 Å². The Hall–Kier alpha value is -2.58. The average Bonchev–Trinajstić information content (AvgIpc) is 3.18. The SMILES string of the molecule is CC(C)(C)OC(=O)N1CCC(c2nc3c(N)ncn(Cc4c(Cl)cccc4Cl)c-3n2)CC1. The van der Waals surface area contributed by atoms with Gasteiger partial charge in [-0.15, -0.1) is 0 Å². The summed E-state index contributed by atoms with van der Waals surface area (Å²) < 4.78 is 7.33. The molecule has 10 heteroatoms. The molecule has 3 heterocycles. The molecule has 0 atom stereocenters. The van der Waals surface area contributed by atoms with Crippen LogP contribution in [0.15, 0.2) is 24.5 Å². The van der Waals surface area contributed by atoms with Crippen LogP contribution in [-0.4, -0.2) is 49.2 Å². The number of nitrogens with zero attached hydrogens (tertiary/aromatic N) is 5. The number of imidazole rings is 1. The molecule has 0 aliphatic carbocycles. The molecule has 3 aliphatic heterocycles. The van der Waals surface area contributed by atoms with Gasteiger partial charge in [-0.2, -0.15) is 0 Å². The molecular weight excluding hydrogens is 451 g/mol. The van der Waals surface area contributed by atoms with Gasteiger partial charge in [-0.3, -0.25) is 0 Å². The van der Waals surface area contributed by atoms with Gasteiger partial charge < -0.3 is 19.9 Å². The lowest BCUT2D eigenvalue weighted by atomic mass is 9.96. The van der Waals surface area contributed by atoms with Gasteiger partial charge in [0.05, 0.1) is 12.9 Å². The quantitative estimate of drug-likeness (QED) is 0.580. The van der Waals surface area contributed by atoms with Crippen molar-refractivity contribution in [2.24, 2.45) is 0 Å². The number of anilines is 1. The second kappa shape index (κ2) is 8.75. The average molecular weight is 477 g/mol. The van der Waals surface area contributed by atoms with Crippen molar-refractivity contribution in [3.8, 4) is 11.5 Å². The van der Waals surface area contributed by atoms with E-state index in [2.05, 4.69) is 4.98 Å². The van der Waals surface area contributed by atoms with Crippen molar-refractivity contribution < 1.29 is 9.53 Å². The molecule has 3 aliphatic rings. The summed E-state index contributed by atoms with van der Waals surface area (Å²) in [5, 5.41) is 1.15. The lowest BCUT2D eigenvalue weighted by Gasteiger charge is -2.32. The third-order valence-corrected chi connectivity index (χ3v) is 6.12. The summed E-state index contributed by atoms with van der Waals surface area (Å²) in [4.78, 5) is 27.8. The highest BCUT2D eigenvalue weighted by Crippen LogP contribution is 2.33. The molecule has 0 unspecified atom stereocenters. The number of hydrogen-bond acceptors (Lipinski definition) is 6. The number of fused-ring (bicyclic) bond motifs is 1. The van der Waals surface area contributed by atoms with E-state index in [1.807, 2.05) is 25.3 Å². The van der Waals surface area contributed by atoms with E-state index in [1.54, 1.807) is 29.4 Å². The number of nitrogens with two attached hydrogens (primary N) is 1. The van der Waals surface area contributed by atoms with E-state index in [4.69, 9.17) is 43.6 Å². The Balaban J connectivity index is 1.54. The van der Waals surface area contributed by atoms with Crippen LogP contribution in [0.5, 0.6) is 0 Å². The first kappa shape index (κ1) is 22.6. The van der Waals surface area contributed by atoms with Crippen molar-refractivity contribution >= 4 is 35.1 Å². The first-order valence-electron chi connectivity index (χ1n) is 10.5. The first-order valence-corrected chi connectivity index (χ1v) is 11.3. The fourth-order valence-electron chi connectivity index (χ4n) is 3.77. The molecule has 1 aromatic rings. The number of amides is 1. The molecule has 2 N–H and O–H groups in total. The van der Waals surface area contributed by atoms with Gasteiger partial charge >= 0.3 is 6.09 Å². The van der Waals surface area contributed by atoms with Crippen LogP contribution < -0.4 is 5.73 Å². The van der Waals surface area contributed by atoms with Gasteiger partial charge in [-0.05, 0) is 45.7 Å². The fraction of sp³-hybridized carbons (Fsp3) is 0.455. The van der Waals surface area contributed by atoms with Crippen LogP contribution in [-0.2, 0) is 11.3 Å². The number of halogens is 2. The van der Waals surface area contributed by atoms with E-state index < -0.39 is 5.60 Å². The van der Waals surface area contributed by atoms with Crippen LogP contribution in [0.2, 0.25) is 10.0 Å². The van der Waals surface area contributed by atoms with Crippen LogP contribution in [0.3, 0.4) is 0 Å². The largest absolute Gasteiger partial charge is 0.444 e. The molecule has 0 radical (unpaired) electrons. The van der Waals surface area contributed by atoms with E-state index in [1.165, 1.54) is 0 Å². The van der Waals surface area contributed by atoms with Crippen molar-refractivity contribution in [1.82, 2.24) is 24.4 Å². The fourth-order valence-corrected chi connectivity index (χ4v) is 4.29. The van der Waals surface area contributed by atoms with Crippen LogP contribution in [0.1, 0.15) is 50.9 Å². The van der Waals surface area contributed by atoms with Crippen molar-refractivity contribution in [3.05, 3.63) is 46.0 Å². The minimum atomic E-state index is -0.511. The predicted molar refractivity (Wildman–Crippen MR) is 124 cm³/mol. The number of benzene rings is 1. The summed E-state index contributed by atoms with van der Waals surface area (Å²) in [5.41, 5.74) is 6.92. The molecule has 1 saturated heterocycles. The molecule has 1 amide bonds. The molecule has 0 aromatic heterocycles. The lowest BCUT2D eigenvalue weighted by Crippen LogP contribution is -2.41. The minimum Gasteiger partial charge on any atom is -0.444 e. The third-order valence-electron chi connectivity index (χ3n) is 5.41. The van der Waals surface area contributed by atoms with Crippen LogP contribution in [0.4, 0.5) is 10.6 Å². The molecule has 0 bridgehead atoms. The number of ether oxygens (including phenoxy) is 1. The normalized spacial score (nSPS) is 15.3. The number of carbonyl (C=O) groups is 1. The number of rotatable bonds is 3. The third kappa shape index (κ3) is 4.76. The number of piperidine rings is 1. The van der Waals surface area contributed by atoms with Crippen molar-refractivity contribution in [2.45, 2.75) is 51.7 Å². The maximum absolute atomic E-state index is 12.3. The highest BCUT2D eigenvalue weighted by molar-refractivity contribution is 6.36. The predicted octanol–water partition coefficient (Wildman–Crippen LogP) is 4.83. The zero-order valence-electron chi connectivity index (χ0n) is 18.3. The Morgan fingerprint density at radius 2 is 1.84 bits per heavy atom. The molecule has 4 rings (SSSR count). The van der Waals surface area contributed by atoms with Crippen molar-refractivity contribution in [2.75, 3.05) is 18.8 Å². The Bertz CT molecular complexity index is 1080. The number of nitrogen functional groups attached to an aromatic ring is 1. The summed E-state index contributed by atoms with van der Waals surface area (Å²) >= 11 is 12.7. The molecule has 1 fully saturated rings. The maximum Gasteiger partial charge on any atom is 0.410 e. The summed E-state index contributed by atoms with van der Waals surface area (Å²) in [5.74, 6) is 1.80. The molecule has 170 valence electrons. The number of carbonyl (C=O) groups excluding carboxylic acids is 1. The molecule has 1 aromatic carbocycles. The number of aromatic nitrogens is 4. The molecule has 0 spiro atoms. The Labute approximate surface area is 197 Å². The summed E-state index contributed by atoms with van der Waals surface area (Å²) in [6.45, 7) is 7.18. The lowest BCUT2D eigenvalue weighted by molar-refractivity contribution is 0.0203. The molecule has 0 saturated carbocycles. The van der Waals surface area contributed by atoms with E-state index in [0.717, 1.165) is 18.4 Å². The summed E-state index contributed by atoms with van der Waals surface area (Å²) in [7, 11) is 0. The van der Waals surface area contributed by atoms with Crippen molar-refractivity contribution in [3.63, 3.8) is 0 Å². The standard InChI is InChI=1S/C22H26Cl2N6O2/c1-22(2,3)32-21(31)29-9-7-13(8-10-29)19-27-17-18(25)26-12-30(20(17)28-19)11-14-15(23)5-4-6-16(14)24/h4-6,12-13H,7-11,25H2,1-3H3. The first-order chi connectivity index (χ1) is 15.1. The van der Waals surface area contributed by atoms with E-state index >= 15 is 0 Å². The molecule has 32 heavy (non-hydrogen) atoms. The van der Waals surface area contributed by atoms with E-state index in [9.17, 15) is 4.79 Å². The van der Waals surface area contributed by atoms with Crippen LogP contribution >= 0.6 is 23.2 Å². The Morgan fingerprint density at radius 1 is 1.19 bits per heavy atom. The Morgan fingerprint density at radius 3 is 2.47 bits per heavy atom. The Kier molecular flexibility index (Phi) is 6.18. The van der Waals surface area contributed by atoms with Crippen molar-refractivity contribution in [1.29, 1.82) is 0 Å². The number of hydrogen-bond donors (Lipinski definition) is 1. The van der Waals surface area contributed by atoms with Gasteiger partial charge in [0.25, 0.3) is 0 Å². The monoisotopic (exact) mass is 476 g/mol. The van der Waals surface area contributed by atoms with Crippen LogP contribution in [0.25, 0.3) is 11.5 Å². The topological polar surface area (TPSA) is 99.2 Å². The van der Waals surface area contributed by atoms with E-state index in [0.29, 0.717) is 52.8 Å². The molecular formula is C22H26Cl2N6O2. The number of likely N-dealkylation sites (tertiary alicyclic amines) is 1. The van der Waals surface area contributed by atoms with Gasteiger partial charge in [0, 0.05) is 34.6 Å². The summed E-state index contributed by atoms with van der Waals surface area (Å²) in [6.07, 6.45) is 2.84. The highest BCUT2D eigenvalue weighted by Gasteiger charge is 2.31. The van der Waals surface area contributed by atoms with Gasteiger partial charge in [-0.1, -0.05) is 29.3 Å². The van der Waals surface area contributed by atoms with Gasteiger partial charge in [0.1, 0.15) is 11.4 Å². The smallest absolute Gasteiger partial charge is 0.410 e.